The Morgan fingerprint density at radius 2 is 1.96 bits per heavy atom. The summed E-state index contributed by atoms with van der Waals surface area (Å²) in [6.45, 7) is 5.18. The van der Waals surface area contributed by atoms with Crippen LogP contribution >= 0.6 is 0 Å². The molecule has 0 bridgehead atoms. The van der Waals surface area contributed by atoms with Crippen molar-refractivity contribution >= 4 is 21.7 Å². The lowest BCUT2D eigenvalue weighted by molar-refractivity contribution is 0.247. The Balaban J connectivity index is 1.77. The third kappa shape index (κ3) is 3.73. The minimum Gasteiger partial charge on any atom is -0.338 e. The number of aryl methyl sites for hydroxylation is 1. The van der Waals surface area contributed by atoms with Crippen molar-refractivity contribution in [3.63, 3.8) is 0 Å². The molecule has 0 atom stereocenters. The third-order valence-corrected chi connectivity index (χ3v) is 5.94. The molecule has 2 amide bonds. The van der Waals surface area contributed by atoms with Gasteiger partial charge in [-0.2, -0.15) is 0 Å². The molecular weight excluding hydrogens is 350 g/mol. The molecule has 0 fully saturated rings. The SMILES string of the molecule is CCNC(=O)N1CCc2cc(S(=O)(=O)NCc3ccccc3C)ccc21. The molecule has 2 aromatic carbocycles. The lowest BCUT2D eigenvalue weighted by Crippen LogP contribution is -2.38. The summed E-state index contributed by atoms with van der Waals surface area (Å²) in [5, 5.41) is 2.77. The van der Waals surface area contributed by atoms with Gasteiger partial charge in [0.1, 0.15) is 0 Å². The number of carbonyl (C=O) groups is 1. The highest BCUT2D eigenvalue weighted by Crippen LogP contribution is 2.30. The Kier molecular flexibility index (Phi) is 5.29. The van der Waals surface area contributed by atoms with Gasteiger partial charge in [0.15, 0.2) is 0 Å². The van der Waals surface area contributed by atoms with Crippen LogP contribution in [0.5, 0.6) is 0 Å². The molecule has 2 N–H and O–H groups in total. The van der Waals surface area contributed by atoms with Crippen LogP contribution in [0.4, 0.5) is 10.5 Å². The van der Waals surface area contributed by atoms with Crippen molar-refractivity contribution in [1.29, 1.82) is 0 Å². The van der Waals surface area contributed by atoms with Crippen molar-refractivity contribution in [1.82, 2.24) is 10.0 Å². The zero-order valence-corrected chi connectivity index (χ0v) is 15.8. The molecule has 0 aliphatic carbocycles. The molecule has 0 saturated heterocycles. The molecule has 26 heavy (non-hydrogen) atoms. The van der Waals surface area contributed by atoms with E-state index >= 15 is 0 Å². The van der Waals surface area contributed by atoms with E-state index in [1.165, 1.54) is 0 Å². The zero-order chi connectivity index (χ0) is 18.7. The number of hydrogen-bond acceptors (Lipinski definition) is 3. The van der Waals surface area contributed by atoms with E-state index in [0.717, 1.165) is 22.4 Å². The minimum atomic E-state index is -3.61. The largest absolute Gasteiger partial charge is 0.338 e. The zero-order valence-electron chi connectivity index (χ0n) is 15.0. The summed E-state index contributed by atoms with van der Waals surface area (Å²) in [5.74, 6) is 0. The van der Waals surface area contributed by atoms with E-state index in [1.807, 2.05) is 38.1 Å². The standard InChI is InChI=1S/C19H23N3O3S/c1-3-20-19(23)22-11-10-15-12-17(8-9-18(15)22)26(24,25)21-13-16-7-5-4-6-14(16)2/h4-9,12,21H,3,10-11,13H2,1-2H3,(H,20,23). The van der Waals surface area contributed by atoms with Gasteiger partial charge in [0.2, 0.25) is 10.0 Å². The number of nitrogens with one attached hydrogen (secondary N) is 2. The van der Waals surface area contributed by atoms with E-state index in [9.17, 15) is 13.2 Å². The van der Waals surface area contributed by atoms with Gasteiger partial charge in [-0.1, -0.05) is 24.3 Å². The summed E-state index contributed by atoms with van der Waals surface area (Å²) < 4.78 is 27.9. The molecule has 0 spiro atoms. The van der Waals surface area contributed by atoms with E-state index in [1.54, 1.807) is 23.1 Å². The number of benzene rings is 2. The molecule has 0 aromatic heterocycles. The van der Waals surface area contributed by atoms with Gasteiger partial charge in [0, 0.05) is 25.3 Å². The Hall–Kier alpha value is -2.38. The molecule has 138 valence electrons. The monoisotopic (exact) mass is 373 g/mol. The van der Waals surface area contributed by atoms with Crippen molar-refractivity contribution < 1.29 is 13.2 Å². The van der Waals surface area contributed by atoms with Gasteiger partial charge < -0.3 is 5.32 Å². The molecule has 3 rings (SSSR count). The summed E-state index contributed by atoms with van der Waals surface area (Å²) in [5.41, 5.74) is 3.63. The number of sulfonamides is 1. The van der Waals surface area contributed by atoms with Crippen LogP contribution in [0.1, 0.15) is 23.6 Å². The molecule has 0 saturated carbocycles. The molecule has 0 unspecified atom stereocenters. The first-order chi connectivity index (χ1) is 12.4. The minimum absolute atomic E-state index is 0.153. The van der Waals surface area contributed by atoms with Gasteiger partial charge in [0.05, 0.1) is 4.90 Å². The molecule has 1 aliphatic rings. The Morgan fingerprint density at radius 1 is 1.19 bits per heavy atom. The van der Waals surface area contributed by atoms with Crippen LogP contribution in [0.2, 0.25) is 0 Å². The summed E-state index contributed by atoms with van der Waals surface area (Å²) in [7, 11) is -3.61. The Bertz CT molecular complexity index is 925. The van der Waals surface area contributed by atoms with Crippen molar-refractivity contribution in [2.24, 2.45) is 0 Å². The number of carbonyl (C=O) groups excluding carboxylic acids is 1. The van der Waals surface area contributed by atoms with Crippen molar-refractivity contribution in [3.8, 4) is 0 Å². The fourth-order valence-electron chi connectivity index (χ4n) is 3.07. The van der Waals surface area contributed by atoms with Crippen molar-refractivity contribution in [2.75, 3.05) is 18.0 Å². The summed E-state index contributed by atoms with van der Waals surface area (Å²) in [4.78, 5) is 13.9. The topological polar surface area (TPSA) is 78.5 Å². The summed E-state index contributed by atoms with van der Waals surface area (Å²) >= 11 is 0. The Labute approximate surface area is 154 Å². The van der Waals surface area contributed by atoms with Gasteiger partial charge in [-0.3, -0.25) is 4.90 Å². The number of amides is 2. The maximum Gasteiger partial charge on any atom is 0.321 e. The van der Waals surface area contributed by atoms with Gasteiger partial charge >= 0.3 is 6.03 Å². The Morgan fingerprint density at radius 3 is 2.69 bits per heavy atom. The number of rotatable bonds is 5. The molecule has 1 heterocycles. The first kappa shape index (κ1) is 18.4. The number of anilines is 1. The van der Waals surface area contributed by atoms with Crippen molar-refractivity contribution in [3.05, 3.63) is 59.2 Å². The van der Waals surface area contributed by atoms with Gasteiger partial charge in [-0.05, 0) is 55.2 Å². The maximum atomic E-state index is 12.6. The van der Waals surface area contributed by atoms with Crippen LogP contribution in [0, 0.1) is 6.92 Å². The first-order valence-electron chi connectivity index (χ1n) is 8.65. The van der Waals surface area contributed by atoms with E-state index < -0.39 is 10.0 Å². The second kappa shape index (κ2) is 7.47. The lowest BCUT2D eigenvalue weighted by Gasteiger charge is -2.17. The van der Waals surface area contributed by atoms with E-state index in [4.69, 9.17) is 0 Å². The van der Waals surface area contributed by atoms with E-state index in [0.29, 0.717) is 19.5 Å². The number of fused-ring (bicyclic) bond motifs is 1. The molecule has 2 aromatic rings. The molecular formula is C19H23N3O3S. The fourth-order valence-corrected chi connectivity index (χ4v) is 4.12. The van der Waals surface area contributed by atoms with Crippen LogP contribution < -0.4 is 14.9 Å². The van der Waals surface area contributed by atoms with Crippen molar-refractivity contribution in [2.45, 2.75) is 31.7 Å². The van der Waals surface area contributed by atoms with Crippen LogP contribution in [-0.2, 0) is 23.0 Å². The van der Waals surface area contributed by atoms with Gasteiger partial charge in [-0.15, -0.1) is 0 Å². The van der Waals surface area contributed by atoms with Gasteiger partial charge in [0.25, 0.3) is 0 Å². The normalized spacial score (nSPS) is 13.5. The highest BCUT2D eigenvalue weighted by atomic mass is 32.2. The molecule has 6 nitrogen and oxygen atoms in total. The highest BCUT2D eigenvalue weighted by molar-refractivity contribution is 7.89. The molecule has 7 heteroatoms. The predicted molar refractivity (Wildman–Crippen MR) is 102 cm³/mol. The average molecular weight is 373 g/mol. The quantitative estimate of drug-likeness (QED) is 0.845. The van der Waals surface area contributed by atoms with Crippen LogP contribution in [0.3, 0.4) is 0 Å². The number of nitrogens with zero attached hydrogens (tertiary/aromatic N) is 1. The average Bonchev–Trinajstić information content (AvgIpc) is 3.04. The van der Waals surface area contributed by atoms with Crippen LogP contribution in [0.25, 0.3) is 0 Å². The first-order valence-corrected chi connectivity index (χ1v) is 10.1. The second-order valence-electron chi connectivity index (χ2n) is 6.28. The van der Waals surface area contributed by atoms with Gasteiger partial charge in [-0.25, -0.2) is 17.9 Å². The van der Waals surface area contributed by atoms with Crippen LogP contribution in [-0.4, -0.2) is 27.5 Å². The number of hydrogen-bond donors (Lipinski definition) is 2. The van der Waals surface area contributed by atoms with Crippen LogP contribution in [0.15, 0.2) is 47.4 Å². The molecule has 0 radical (unpaired) electrons. The summed E-state index contributed by atoms with van der Waals surface area (Å²) in [6, 6.07) is 12.4. The maximum absolute atomic E-state index is 12.6. The third-order valence-electron chi connectivity index (χ3n) is 4.54. The van der Waals surface area contributed by atoms with E-state index in [2.05, 4.69) is 10.0 Å². The highest BCUT2D eigenvalue weighted by Gasteiger charge is 2.26. The lowest BCUT2D eigenvalue weighted by atomic mass is 10.1. The summed E-state index contributed by atoms with van der Waals surface area (Å²) in [6.07, 6.45) is 0.646. The predicted octanol–water partition coefficient (Wildman–Crippen LogP) is 2.57. The fraction of sp³-hybridized carbons (Fsp3) is 0.316. The van der Waals surface area contributed by atoms with E-state index in [-0.39, 0.29) is 17.5 Å². The second-order valence-corrected chi connectivity index (χ2v) is 8.05. The smallest absolute Gasteiger partial charge is 0.321 e. The number of urea groups is 1. The molecule has 1 aliphatic heterocycles.